The molecule has 1 atom stereocenters. The van der Waals surface area contributed by atoms with Crippen molar-refractivity contribution in [3.63, 3.8) is 0 Å². The monoisotopic (exact) mass is 283 g/mol. The molecule has 0 aliphatic carbocycles. The summed E-state index contributed by atoms with van der Waals surface area (Å²) in [6, 6.07) is 0. The van der Waals surface area contributed by atoms with Crippen LogP contribution < -0.4 is 11.0 Å². The highest BCUT2D eigenvalue weighted by Crippen LogP contribution is 2.29. The van der Waals surface area contributed by atoms with Gasteiger partial charge in [-0.1, -0.05) is 11.8 Å². The van der Waals surface area contributed by atoms with Crippen molar-refractivity contribution in [1.82, 2.24) is 15.3 Å². The number of carboxylic acid groups (broad SMARTS) is 1. The maximum absolute atomic E-state index is 11.4. The summed E-state index contributed by atoms with van der Waals surface area (Å²) >= 11 is 0.802. The Labute approximate surface area is 110 Å². The Morgan fingerprint density at radius 2 is 2.11 bits per heavy atom. The molecular weight excluding hydrogens is 274 g/mol. The molecule has 2 amide bonds. The molecule has 3 N–H and O–H groups in total. The van der Waals surface area contributed by atoms with Crippen LogP contribution >= 0.6 is 11.8 Å². The van der Waals surface area contributed by atoms with Gasteiger partial charge in [-0.15, -0.1) is 0 Å². The van der Waals surface area contributed by atoms with E-state index >= 15 is 0 Å². The number of amides is 2. The largest absolute Gasteiger partial charge is 0.478 e. The van der Waals surface area contributed by atoms with E-state index in [1.54, 1.807) is 0 Å². The second-order valence-electron chi connectivity index (χ2n) is 3.88. The van der Waals surface area contributed by atoms with Crippen molar-refractivity contribution >= 4 is 29.5 Å². The molecule has 1 fully saturated rings. The number of carboxylic acids is 1. The number of rotatable bonds is 3. The first kappa shape index (κ1) is 13.3. The van der Waals surface area contributed by atoms with E-state index in [0.717, 1.165) is 11.8 Å². The van der Waals surface area contributed by atoms with Crippen LogP contribution in [-0.2, 0) is 9.59 Å². The highest BCUT2D eigenvalue weighted by molar-refractivity contribution is 8.00. The van der Waals surface area contributed by atoms with Crippen LogP contribution in [0.5, 0.6) is 0 Å². The Kier molecular flexibility index (Phi) is 3.38. The molecule has 2 rings (SSSR count). The lowest BCUT2D eigenvalue weighted by atomic mass is 10.2. The van der Waals surface area contributed by atoms with Crippen LogP contribution in [0.25, 0.3) is 0 Å². The number of hydrogen-bond acceptors (Lipinski definition) is 6. The van der Waals surface area contributed by atoms with E-state index in [1.165, 1.54) is 6.92 Å². The summed E-state index contributed by atoms with van der Waals surface area (Å²) in [4.78, 5) is 50.7. The summed E-state index contributed by atoms with van der Waals surface area (Å²) in [5.41, 5.74) is -0.716. The maximum Gasteiger partial charge on any atom is 0.346 e. The number of aromatic nitrogens is 2. The number of carbonyl (C=O) groups is 3. The molecule has 1 aliphatic rings. The van der Waals surface area contributed by atoms with Gasteiger partial charge in [0.1, 0.15) is 10.6 Å². The van der Waals surface area contributed by atoms with Crippen LogP contribution in [0.1, 0.15) is 22.5 Å². The van der Waals surface area contributed by atoms with Gasteiger partial charge in [0.05, 0.1) is 5.25 Å². The number of thioether (sulfide) groups is 1. The van der Waals surface area contributed by atoms with E-state index in [0.29, 0.717) is 0 Å². The number of carbonyl (C=O) groups excluding carboxylic acids is 2. The molecule has 9 heteroatoms. The van der Waals surface area contributed by atoms with Crippen molar-refractivity contribution in [2.75, 3.05) is 0 Å². The van der Waals surface area contributed by atoms with Gasteiger partial charge in [-0.25, -0.2) is 9.59 Å². The zero-order valence-corrected chi connectivity index (χ0v) is 10.5. The average molecular weight is 283 g/mol. The second kappa shape index (κ2) is 4.84. The quantitative estimate of drug-likeness (QED) is 0.493. The topological polar surface area (TPSA) is 129 Å². The molecule has 0 saturated carbocycles. The summed E-state index contributed by atoms with van der Waals surface area (Å²) < 4.78 is 0. The standard InChI is InChI=1S/C10H9N3O5S/c1-3-6(9(16)17)8(13-10(18)11-3)19-4-2-5(14)12-7(4)15/h4H,2H2,1H3,(H,16,17)(H,11,13,18)(H,12,14,15). The molecule has 0 aromatic carbocycles. The van der Waals surface area contributed by atoms with Crippen molar-refractivity contribution in [3.05, 3.63) is 21.7 Å². The first-order valence-electron chi connectivity index (χ1n) is 5.23. The van der Waals surface area contributed by atoms with E-state index in [4.69, 9.17) is 5.11 Å². The molecule has 1 saturated heterocycles. The first-order chi connectivity index (χ1) is 8.88. The van der Waals surface area contributed by atoms with E-state index in [1.807, 2.05) is 0 Å². The number of nitrogens with one attached hydrogen (secondary N) is 2. The number of aryl methyl sites for hydroxylation is 1. The van der Waals surface area contributed by atoms with Crippen LogP contribution in [0.4, 0.5) is 0 Å². The van der Waals surface area contributed by atoms with Crippen LogP contribution in [0.2, 0.25) is 0 Å². The number of H-pyrrole nitrogens is 1. The average Bonchev–Trinajstić information content (AvgIpc) is 2.55. The molecule has 1 aromatic heterocycles. The van der Waals surface area contributed by atoms with Gasteiger partial charge < -0.3 is 10.1 Å². The molecule has 0 bridgehead atoms. The van der Waals surface area contributed by atoms with E-state index in [-0.39, 0.29) is 22.7 Å². The summed E-state index contributed by atoms with van der Waals surface area (Å²) in [7, 11) is 0. The lowest BCUT2D eigenvalue weighted by molar-refractivity contribution is -0.124. The smallest absolute Gasteiger partial charge is 0.346 e. The highest BCUT2D eigenvalue weighted by atomic mass is 32.2. The maximum atomic E-state index is 11.4. The van der Waals surface area contributed by atoms with Gasteiger partial charge in [0.2, 0.25) is 11.8 Å². The molecule has 0 radical (unpaired) electrons. The molecule has 100 valence electrons. The van der Waals surface area contributed by atoms with E-state index < -0.39 is 28.7 Å². The van der Waals surface area contributed by atoms with Crippen molar-refractivity contribution < 1.29 is 19.5 Å². The fourth-order valence-corrected chi connectivity index (χ4v) is 2.82. The molecular formula is C10H9N3O5S. The number of imide groups is 1. The summed E-state index contributed by atoms with van der Waals surface area (Å²) in [5.74, 6) is -2.19. The fourth-order valence-electron chi connectivity index (χ4n) is 1.66. The number of aromatic carboxylic acids is 1. The summed E-state index contributed by atoms with van der Waals surface area (Å²) in [5, 5.41) is 10.4. The molecule has 8 nitrogen and oxygen atoms in total. The second-order valence-corrected chi connectivity index (χ2v) is 5.07. The summed E-state index contributed by atoms with van der Waals surface area (Å²) in [6.45, 7) is 1.43. The summed E-state index contributed by atoms with van der Waals surface area (Å²) in [6.07, 6.45) is -0.0594. The van der Waals surface area contributed by atoms with Gasteiger partial charge in [-0.2, -0.15) is 4.98 Å². The molecule has 0 spiro atoms. The molecule has 2 heterocycles. The van der Waals surface area contributed by atoms with Crippen molar-refractivity contribution in [2.45, 2.75) is 23.6 Å². The van der Waals surface area contributed by atoms with Gasteiger partial charge in [0, 0.05) is 12.1 Å². The predicted octanol–water partition coefficient (Wildman–Crippen LogP) is -0.716. The van der Waals surface area contributed by atoms with Gasteiger partial charge >= 0.3 is 11.7 Å². The molecule has 1 unspecified atom stereocenters. The predicted molar refractivity (Wildman–Crippen MR) is 64.0 cm³/mol. The van der Waals surface area contributed by atoms with Gasteiger partial charge in [-0.3, -0.25) is 14.9 Å². The minimum Gasteiger partial charge on any atom is -0.478 e. The first-order valence-corrected chi connectivity index (χ1v) is 6.11. The van der Waals surface area contributed by atoms with Crippen LogP contribution in [0.3, 0.4) is 0 Å². The number of nitrogens with zero attached hydrogens (tertiary/aromatic N) is 1. The SMILES string of the molecule is Cc1[nH]c(=O)nc(SC2CC(=O)NC2=O)c1C(=O)O. The van der Waals surface area contributed by atoms with Gasteiger partial charge in [0.25, 0.3) is 0 Å². The van der Waals surface area contributed by atoms with E-state index in [2.05, 4.69) is 15.3 Å². The lowest BCUT2D eigenvalue weighted by Gasteiger charge is -2.09. The molecule has 1 aliphatic heterocycles. The Bertz CT molecular complexity index is 639. The fraction of sp³-hybridized carbons (Fsp3) is 0.300. The minimum absolute atomic E-state index is 0.0594. The molecule has 19 heavy (non-hydrogen) atoms. The number of hydrogen-bond donors (Lipinski definition) is 3. The van der Waals surface area contributed by atoms with Crippen molar-refractivity contribution in [3.8, 4) is 0 Å². The van der Waals surface area contributed by atoms with Crippen LogP contribution in [0.15, 0.2) is 9.82 Å². The van der Waals surface area contributed by atoms with Gasteiger partial charge in [0.15, 0.2) is 0 Å². The lowest BCUT2D eigenvalue weighted by Crippen LogP contribution is -2.24. The third-order valence-corrected chi connectivity index (χ3v) is 3.66. The van der Waals surface area contributed by atoms with Crippen LogP contribution in [-0.4, -0.2) is 38.1 Å². The third kappa shape index (κ3) is 2.65. The Morgan fingerprint density at radius 1 is 1.42 bits per heavy atom. The zero-order chi connectivity index (χ0) is 14.2. The number of aromatic amines is 1. The zero-order valence-electron chi connectivity index (χ0n) is 9.72. The normalized spacial score (nSPS) is 18.5. The van der Waals surface area contributed by atoms with Gasteiger partial charge in [-0.05, 0) is 6.92 Å². The Balaban J connectivity index is 2.39. The third-order valence-electron chi connectivity index (χ3n) is 2.48. The van der Waals surface area contributed by atoms with Crippen LogP contribution in [0, 0.1) is 6.92 Å². The van der Waals surface area contributed by atoms with Crippen molar-refractivity contribution in [1.29, 1.82) is 0 Å². The minimum atomic E-state index is -1.26. The van der Waals surface area contributed by atoms with E-state index in [9.17, 15) is 19.2 Å². The molecule has 1 aromatic rings. The highest BCUT2D eigenvalue weighted by Gasteiger charge is 2.33. The Morgan fingerprint density at radius 3 is 2.63 bits per heavy atom. The Hall–Kier alpha value is -2.16. The van der Waals surface area contributed by atoms with Crippen molar-refractivity contribution in [2.24, 2.45) is 0 Å².